The van der Waals surface area contributed by atoms with E-state index in [2.05, 4.69) is 15.2 Å². The van der Waals surface area contributed by atoms with Crippen LogP contribution in [-0.4, -0.2) is 54.1 Å². The number of aliphatic carboxylic acids is 1. The lowest BCUT2D eigenvalue weighted by Gasteiger charge is -2.30. The summed E-state index contributed by atoms with van der Waals surface area (Å²) in [5.74, 6) is -0.596. The summed E-state index contributed by atoms with van der Waals surface area (Å²) in [5, 5.41) is 11.5. The van der Waals surface area contributed by atoms with E-state index in [0.29, 0.717) is 30.8 Å². The Morgan fingerprint density at radius 2 is 2.00 bits per heavy atom. The van der Waals surface area contributed by atoms with E-state index in [9.17, 15) is 9.59 Å². The quantitative estimate of drug-likeness (QED) is 0.851. The molecule has 1 fully saturated rings. The van der Waals surface area contributed by atoms with Crippen molar-refractivity contribution >= 4 is 11.9 Å². The topological polar surface area (TPSA) is 91.8 Å². The lowest BCUT2D eigenvalue weighted by molar-refractivity contribution is -0.143. The molecule has 1 aromatic heterocycles. The third-order valence-corrected chi connectivity index (χ3v) is 3.95. The molecular weight excluding hydrogens is 310 g/mol. The van der Waals surface area contributed by atoms with Gasteiger partial charge in [0.15, 0.2) is 0 Å². The van der Waals surface area contributed by atoms with Crippen LogP contribution in [-0.2, 0) is 11.3 Å². The Kier molecular flexibility index (Phi) is 8.18. The normalized spacial score (nSPS) is 15.2. The Morgan fingerprint density at radius 3 is 2.50 bits per heavy atom. The largest absolute Gasteiger partial charge is 0.496 e. The Hall–Kier alpha value is -2.15. The van der Waals surface area contributed by atoms with Gasteiger partial charge in [-0.25, -0.2) is 0 Å². The molecule has 1 aliphatic heterocycles. The number of methoxy groups -OCH3 is 1. The standard InChI is InChI=1S/C15H21N3O4.C2H6/c1-16-14(19)12-7-13(22-2)11(8-17-12)9-18-5-3-10(4-6-18)15(20)21;1-2/h7-8,10H,3-6,9H2,1-2H3,(H,16,19)(H,20,21);1-2H3. The van der Waals surface area contributed by atoms with E-state index >= 15 is 0 Å². The van der Waals surface area contributed by atoms with Crippen LogP contribution in [0.15, 0.2) is 12.3 Å². The van der Waals surface area contributed by atoms with Gasteiger partial charge in [0, 0.05) is 31.4 Å². The first-order valence-electron chi connectivity index (χ1n) is 8.25. The van der Waals surface area contributed by atoms with E-state index in [4.69, 9.17) is 9.84 Å². The number of carbonyl (C=O) groups excluding carboxylic acids is 1. The van der Waals surface area contributed by atoms with Crippen molar-refractivity contribution in [1.29, 1.82) is 0 Å². The lowest BCUT2D eigenvalue weighted by atomic mass is 9.97. The number of nitrogens with one attached hydrogen (secondary N) is 1. The number of rotatable bonds is 5. The fraction of sp³-hybridized carbons (Fsp3) is 0.588. The first kappa shape index (κ1) is 19.9. The molecule has 2 N–H and O–H groups in total. The third kappa shape index (κ3) is 5.19. The predicted octanol–water partition coefficient (Wildman–Crippen LogP) is 1.77. The number of piperidine rings is 1. The number of aromatic nitrogens is 1. The maximum Gasteiger partial charge on any atom is 0.306 e. The molecule has 1 amide bonds. The maximum absolute atomic E-state index is 11.6. The minimum absolute atomic E-state index is 0.244. The molecule has 0 radical (unpaired) electrons. The summed E-state index contributed by atoms with van der Waals surface area (Å²) in [6, 6.07) is 1.62. The average molecular weight is 337 g/mol. The molecule has 7 nitrogen and oxygen atoms in total. The highest BCUT2D eigenvalue weighted by Crippen LogP contribution is 2.24. The summed E-state index contributed by atoms with van der Waals surface area (Å²) in [6.45, 7) is 6.10. The van der Waals surface area contributed by atoms with Crippen molar-refractivity contribution in [3.8, 4) is 5.75 Å². The molecule has 1 aliphatic rings. The molecule has 0 bridgehead atoms. The Labute approximate surface area is 143 Å². The Bertz CT molecular complexity index is 555. The minimum Gasteiger partial charge on any atom is -0.496 e. The predicted molar refractivity (Wildman–Crippen MR) is 91.2 cm³/mol. The summed E-state index contributed by atoms with van der Waals surface area (Å²) in [6.07, 6.45) is 2.95. The highest BCUT2D eigenvalue weighted by Gasteiger charge is 2.25. The summed E-state index contributed by atoms with van der Waals surface area (Å²) in [5.41, 5.74) is 1.21. The number of amides is 1. The van der Waals surface area contributed by atoms with Crippen molar-refractivity contribution in [3.05, 3.63) is 23.5 Å². The maximum atomic E-state index is 11.6. The zero-order valence-corrected chi connectivity index (χ0v) is 14.8. The first-order valence-corrected chi connectivity index (χ1v) is 8.25. The summed E-state index contributed by atoms with van der Waals surface area (Å²) >= 11 is 0. The van der Waals surface area contributed by atoms with E-state index < -0.39 is 5.97 Å². The van der Waals surface area contributed by atoms with E-state index in [1.165, 1.54) is 0 Å². The van der Waals surface area contributed by atoms with Crippen LogP contribution < -0.4 is 10.1 Å². The molecule has 24 heavy (non-hydrogen) atoms. The fourth-order valence-electron chi connectivity index (χ4n) is 2.61. The summed E-state index contributed by atoms with van der Waals surface area (Å²) < 4.78 is 5.34. The van der Waals surface area contributed by atoms with Crippen molar-refractivity contribution in [3.63, 3.8) is 0 Å². The van der Waals surface area contributed by atoms with Crippen molar-refractivity contribution < 1.29 is 19.4 Å². The van der Waals surface area contributed by atoms with Crippen LogP contribution in [0.4, 0.5) is 0 Å². The second-order valence-electron chi connectivity index (χ2n) is 5.35. The number of pyridine rings is 1. The van der Waals surface area contributed by atoms with Crippen LogP contribution in [0.2, 0.25) is 0 Å². The van der Waals surface area contributed by atoms with Crippen LogP contribution in [0.5, 0.6) is 5.75 Å². The molecule has 1 saturated heterocycles. The number of nitrogens with zero attached hydrogens (tertiary/aromatic N) is 2. The minimum atomic E-state index is -0.714. The molecule has 0 aromatic carbocycles. The van der Waals surface area contributed by atoms with Gasteiger partial charge in [-0.2, -0.15) is 0 Å². The Morgan fingerprint density at radius 1 is 1.38 bits per heavy atom. The zero-order chi connectivity index (χ0) is 18.1. The molecular formula is C17H27N3O4. The summed E-state index contributed by atoms with van der Waals surface area (Å²) in [4.78, 5) is 28.9. The van der Waals surface area contributed by atoms with Gasteiger partial charge in [0.05, 0.1) is 13.0 Å². The van der Waals surface area contributed by atoms with Crippen molar-refractivity contribution in [2.24, 2.45) is 5.92 Å². The van der Waals surface area contributed by atoms with Crippen molar-refractivity contribution in [2.75, 3.05) is 27.2 Å². The highest BCUT2D eigenvalue weighted by atomic mass is 16.5. The van der Waals surface area contributed by atoms with E-state index in [0.717, 1.165) is 18.7 Å². The second kappa shape index (κ2) is 9.87. The van der Waals surface area contributed by atoms with E-state index in [1.54, 1.807) is 26.4 Å². The first-order chi connectivity index (χ1) is 11.5. The van der Waals surface area contributed by atoms with Gasteiger partial charge in [-0.05, 0) is 25.9 Å². The van der Waals surface area contributed by atoms with Crippen LogP contribution in [0.25, 0.3) is 0 Å². The van der Waals surface area contributed by atoms with Gasteiger partial charge in [0.25, 0.3) is 5.91 Å². The van der Waals surface area contributed by atoms with Gasteiger partial charge in [0.2, 0.25) is 0 Å². The number of ether oxygens (including phenoxy) is 1. The smallest absolute Gasteiger partial charge is 0.306 e. The van der Waals surface area contributed by atoms with Gasteiger partial charge in [-0.1, -0.05) is 13.8 Å². The molecule has 1 aromatic rings. The highest BCUT2D eigenvalue weighted by molar-refractivity contribution is 5.92. The Balaban J connectivity index is 0.00000139. The van der Waals surface area contributed by atoms with Gasteiger partial charge in [0.1, 0.15) is 11.4 Å². The molecule has 0 spiro atoms. The average Bonchev–Trinajstić information content (AvgIpc) is 2.63. The third-order valence-electron chi connectivity index (χ3n) is 3.95. The number of carbonyl (C=O) groups is 2. The van der Waals surface area contributed by atoms with Crippen LogP contribution in [0.1, 0.15) is 42.7 Å². The summed E-state index contributed by atoms with van der Waals surface area (Å²) in [7, 11) is 3.11. The SMILES string of the molecule is CC.CNC(=O)c1cc(OC)c(CN2CCC(C(=O)O)CC2)cn1. The lowest BCUT2D eigenvalue weighted by Crippen LogP contribution is -2.36. The molecule has 2 rings (SSSR count). The van der Waals surface area contributed by atoms with Gasteiger partial charge in [-0.3, -0.25) is 19.5 Å². The fourth-order valence-corrected chi connectivity index (χ4v) is 2.61. The molecule has 134 valence electrons. The van der Waals surface area contributed by atoms with E-state index in [-0.39, 0.29) is 11.8 Å². The van der Waals surface area contributed by atoms with Gasteiger partial charge < -0.3 is 15.2 Å². The van der Waals surface area contributed by atoms with Crippen LogP contribution >= 0.6 is 0 Å². The number of hydrogen-bond donors (Lipinski definition) is 2. The molecule has 0 saturated carbocycles. The van der Waals surface area contributed by atoms with E-state index in [1.807, 2.05) is 13.8 Å². The van der Waals surface area contributed by atoms with Crippen molar-refractivity contribution in [2.45, 2.75) is 33.2 Å². The number of carboxylic acid groups (broad SMARTS) is 1. The van der Waals surface area contributed by atoms with Crippen LogP contribution in [0.3, 0.4) is 0 Å². The number of hydrogen-bond acceptors (Lipinski definition) is 5. The molecule has 7 heteroatoms. The second-order valence-corrected chi connectivity index (χ2v) is 5.35. The monoisotopic (exact) mass is 337 g/mol. The zero-order valence-electron chi connectivity index (χ0n) is 14.8. The molecule has 0 atom stereocenters. The van der Waals surface area contributed by atoms with Crippen molar-refractivity contribution in [1.82, 2.24) is 15.2 Å². The number of carboxylic acids is 1. The molecule has 0 aliphatic carbocycles. The van der Waals surface area contributed by atoms with Crippen LogP contribution in [0, 0.1) is 5.92 Å². The van der Waals surface area contributed by atoms with Gasteiger partial charge >= 0.3 is 5.97 Å². The number of likely N-dealkylation sites (tertiary alicyclic amines) is 1. The molecule has 0 unspecified atom stereocenters. The molecule has 2 heterocycles. The van der Waals surface area contributed by atoms with Gasteiger partial charge in [-0.15, -0.1) is 0 Å².